The van der Waals surface area contributed by atoms with Crippen LogP contribution in [-0.4, -0.2) is 33.4 Å². The predicted molar refractivity (Wildman–Crippen MR) is 107 cm³/mol. The van der Waals surface area contributed by atoms with E-state index in [1.165, 1.54) is 47.4 Å². The lowest BCUT2D eigenvalue weighted by Crippen LogP contribution is -2.28. The van der Waals surface area contributed by atoms with E-state index in [1.807, 2.05) is 13.2 Å². The van der Waals surface area contributed by atoms with Crippen LogP contribution in [0.2, 0.25) is 0 Å². The van der Waals surface area contributed by atoms with Crippen molar-refractivity contribution in [2.24, 2.45) is 7.05 Å². The third-order valence-corrected chi connectivity index (χ3v) is 8.43. The van der Waals surface area contributed by atoms with Gasteiger partial charge in [-0.25, -0.2) is 16.8 Å². The van der Waals surface area contributed by atoms with Crippen LogP contribution in [0.1, 0.15) is 5.56 Å². The smallest absolute Gasteiger partial charge is 0.341 e. The minimum atomic E-state index is -4.53. The van der Waals surface area contributed by atoms with E-state index in [2.05, 4.69) is 0 Å². The Balaban J connectivity index is 0.000000234. The van der Waals surface area contributed by atoms with Gasteiger partial charge in [-0.1, -0.05) is 29.0 Å². The van der Waals surface area contributed by atoms with E-state index in [-0.39, 0.29) is 9.79 Å². The number of thioether (sulfide) groups is 1. The highest BCUT2D eigenvalue weighted by Gasteiger charge is 2.28. The second-order valence-corrected chi connectivity index (χ2v) is 11.2. The Labute approximate surface area is 175 Å². The lowest BCUT2D eigenvalue weighted by molar-refractivity contribution is -0.676. The molecule has 0 amide bonds. The molecule has 0 fully saturated rings. The Kier molecular flexibility index (Phi) is 7.38. The van der Waals surface area contributed by atoms with Gasteiger partial charge in [-0.3, -0.25) is 0 Å². The molecule has 3 aromatic rings. The average molecular weight is 482 g/mol. The van der Waals surface area contributed by atoms with Gasteiger partial charge in [-0.05, 0) is 49.2 Å². The Morgan fingerprint density at radius 2 is 1.59 bits per heavy atom. The molecule has 0 atom stereocenters. The standard InChI is InChI=1S/C10H10F2NO2S3.C7H8O3S/c1-13-7-5-6(18(14,15)9(11)12)3-4-8(7)17-10(13)16-2;1-6-2-4-7(5-3-6)11(8,9)10/h3-5,9H,1-2H3;2-5H,1H3,(H,8,9,10)/q+1;/p-1. The van der Waals surface area contributed by atoms with Gasteiger partial charge in [0, 0.05) is 6.07 Å². The first-order chi connectivity index (χ1) is 13.4. The van der Waals surface area contributed by atoms with Crippen molar-refractivity contribution in [3.8, 4) is 0 Å². The summed E-state index contributed by atoms with van der Waals surface area (Å²) in [5.74, 6) is -3.39. The van der Waals surface area contributed by atoms with Crippen molar-refractivity contribution < 1.29 is 34.7 Å². The number of alkyl halides is 2. The Morgan fingerprint density at radius 1 is 1.03 bits per heavy atom. The molecule has 0 bridgehead atoms. The van der Waals surface area contributed by atoms with Crippen molar-refractivity contribution >= 4 is 53.3 Å². The number of benzene rings is 2. The van der Waals surface area contributed by atoms with Crippen LogP contribution in [0.5, 0.6) is 0 Å². The zero-order valence-electron chi connectivity index (χ0n) is 15.5. The summed E-state index contributed by atoms with van der Waals surface area (Å²) in [6.07, 6.45) is 1.90. The molecule has 1 heterocycles. The number of thiazole rings is 1. The molecular formula is C17H17F2NO5S4. The molecule has 158 valence electrons. The predicted octanol–water partition coefficient (Wildman–Crippen LogP) is 3.34. The number of halogens is 2. The molecular weight excluding hydrogens is 464 g/mol. The molecule has 3 rings (SSSR count). The summed E-state index contributed by atoms with van der Waals surface area (Å²) in [6.45, 7) is 1.82. The number of rotatable bonds is 4. The molecule has 0 aliphatic carbocycles. The molecule has 0 saturated heterocycles. The average Bonchev–Trinajstić information content (AvgIpc) is 2.97. The molecule has 1 aromatic heterocycles. The van der Waals surface area contributed by atoms with Crippen LogP contribution >= 0.6 is 23.1 Å². The summed E-state index contributed by atoms with van der Waals surface area (Å²) in [4.78, 5) is -0.519. The fourth-order valence-electron chi connectivity index (χ4n) is 2.27. The van der Waals surface area contributed by atoms with Gasteiger partial charge in [0.15, 0.2) is 0 Å². The van der Waals surface area contributed by atoms with Gasteiger partial charge in [0.1, 0.15) is 21.9 Å². The second kappa shape index (κ2) is 9.04. The number of hydrogen-bond donors (Lipinski definition) is 0. The third kappa shape index (κ3) is 5.51. The molecule has 0 unspecified atom stereocenters. The van der Waals surface area contributed by atoms with E-state index < -0.39 is 25.7 Å². The topological polar surface area (TPSA) is 95.2 Å². The molecule has 0 aliphatic heterocycles. The first-order valence-electron chi connectivity index (χ1n) is 7.89. The van der Waals surface area contributed by atoms with E-state index in [1.54, 1.807) is 29.8 Å². The zero-order chi connectivity index (χ0) is 22.0. The fourth-order valence-corrected chi connectivity index (χ4v) is 5.31. The van der Waals surface area contributed by atoms with E-state index in [9.17, 15) is 30.2 Å². The number of sulfone groups is 1. The number of fused-ring (bicyclic) bond motifs is 1. The van der Waals surface area contributed by atoms with Gasteiger partial charge >= 0.3 is 5.76 Å². The van der Waals surface area contributed by atoms with E-state index >= 15 is 0 Å². The highest BCUT2D eigenvalue weighted by molar-refractivity contribution is 8.00. The summed E-state index contributed by atoms with van der Waals surface area (Å²) in [7, 11) is -7.02. The lowest BCUT2D eigenvalue weighted by Gasteiger charge is -2.05. The second-order valence-electron chi connectivity index (χ2n) is 5.83. The van der Waals surface area contributed by atoms with E-state index in [0.717, 1.165) is 14.6 Å². The van der Waals surface area contributed by atoms with Crippen molar-refractivity contribution in [1.29, 1.82) is 0 Å². The van der Waals surface area contributed by atoms with Gasteiger partial charge in [0.25, 0.3) is 4.34 Å². The van der Waals surface area contributed by atoms with Crippen LogP contribution in [-0.2, 0) is 27.0 Å². The van der Waals surface area contributed by atoms with Gasteiger partial charge in [-0.2, -0.15) is 13.3 Å². The third-order valence-electron chi connectivity index (χ3n) is 3.81. The fraction of sp³-hybridized carbons (Fsp3) is 0.235. The van der Waals surface area contributed by atoms with Gasteiger partial charge in [0.05, 0.1) is 9.79 Å². The minimum absolute atomic E-state index is 0.178. The quantitative estimate of drug-likeness (QED) is 0.322. The monoisotopic (exact) mass is 481 g/mol. The highest BCUT2D eigenvalue weighted by Crippen LogP contribution is 2.29. The maximum atomic E-state index is 12.5. The Bertz CT molecular complexity index is 1220. The first-order valence-corrected chi connectivity index (χ1v) is 12.9. The van der Waals surface area contributed by atoms with Crippen LogP contribution in [0.4, 0.5) is 8.78 Å². The summed E-state index contributed by atoms with van der Waals surface area (Å²) in [5.41, 5.74) is 1.57. The van der Waals surface area contributed by atoms with Crippen LogP contribution in [0.3, 0.4) is 0 Å². The zero-order valence-corrected chi connectivity index (χ0v) is 18.8. The maximum absolute atomic E-state index is 12.5. The van der Waals surface area contributed by atoms with Crippen LogP contribution in [0, 0.1) is 6.92 Å². The lowest BCUT2D eigenvalue weighted by atomic mass is 10.2. The molecule has 29 heavy (non-hydrogen) atoms. The van der Waals surface area contributed by atoms with Crippen molar-refractivity contribution in [2.45, 2.75) is 26.8 Å². The summed E-state index contributed by atoms with van der Waals surface area (Å²) in [5, 5.41) is 0. The number of nitrogens with zero attached hydrogens (tertiary/aromatic N) is 1. The molecule has 6 nitrogen and oxygen atoms in total. The molecule has 0 saturated carbocycles. The van der Waals surface area contributed by atoms with Crippen LogP contribution in [0.25, 0.3) is 10.2 Å². The molecule has 0 radical (unpaired) electrons. The van der Waals surface area contributed by atoms with E-state index in [0.29, 0.717) is 5.52 Å². The van der Waals surface area contributed by atoms with Crippen LogP contribution < -0.4 is 4.57 Å². The number of aromatic nitrogens is 1. The highest BCUT2D eigenvalue weighted by atomic mass is 32.2. The van der Waals surface area contributed by atoms with Gasteiger partial charge in [0.2, 0.25) is 15.4 Å². The molecule has 0 aliphatic rings. The Morgan fingerprint density at radius 3 is 2.07 bits per heavy atom. The summed E-state index contributed by atoms with van der Waals surface area (Å²) < 4.78 is 82.6. The minimum Gasteiger partial charge on any atom is -0.744 e. The largest absolute Gasteiger partial charge is 0.744 e. The SMILES string of the molecule is CSc1sc2ccc(S(=O)(=O)C(F)F)cc2[n+]1C.Cc1ccc(S(=O)(=O)[O-])cc1. The number of aryl methyl sites for hydroxylation is 2. The molecule has 0 spiro atoms. The first kappa shape index (κ1) is 23.7. The molecule has 12 heteroatoms. The molecule has 0 N–H and O–H groups in total. The van der Waals surface area contributed by atoms with Gasteiger partial charge < -0.3 is 4.55 Å². The summed E-state index contributed by atoms with van der Waals surface area (Å²) >= 11 is 3.02. The van der Waals surface area contributed by atoms with Gasteiger partial charge in [-0.15, -0.1) is 0 Å². The van der Waals surface area contributed by atoms with Crippen LogP contribution in [0.15, 0.2) is 56.6 Å². The van der Waals surface area contributed by atoms with Crippen molar-refractivity contribution in [3.05, 3.63) is 48.0 Å². The number of hydrogen-bond acceptors (Lipinski definition) is 7. The van der Waals surface area contributed by atoms with Crippen molar-refractivity contribution in [3.63, 3.8) is 0 Å². The van der Waals surface area contributed by atoms with Crippen molar-refractivity contribution in [1.82, 2.24) is 0 Å². The Hall–Kier alpha value is -1.60. The molecule has 2 aromatic carbocycles. The normalized spacial score (nSPS) is 12.1. The summed E-state index contributed by atoms with van der Waals surface area (Å²) in [6, 6.07) is 9.87. The van der Waals surface area contributed by atoms with E-state index in [4.69, 9.17) is 0 Å². The maximum Gasteiger partial charge on any atom is 0.341 e. The van der Waals surface area contributed by atoms with Crippen molar-refractivity contribution in [2.75, 3.05) is 6.26 Å².